The Bertz CT molecular complexity index is 863. The maximum Gasteiger partial charge on any atom is 0.267 e. The number of nitrogens with zero attached hydrogens (tertiary/aromatic N) is 1. The van der Waals surface area contributed by atoms with E-state index in [2.05, 4.69) is 9.71 Å². The van der Waals surface area contributed by atoms with Gasteiger partial charge < -0.3 is 10.5 Å². The molecule has 2 aromatic rings. The number of aryl methyl sites for hydroxylation is 2. The minimum absolute atomic E-state index is 0.0231. The van der Waals surface area contributed by atoms with Crippen LogP contribution in [0.2, 0.25) is 0 Å². The second-order valence-electron chi connectivity index (χ2n) is 5.01. The third kappa shape index (κ3) is 3.59. The average Bonchev–Trinajstić information content (AvgIpc) is 2.46. The molecule has 2 rings (SSSR count). The third-order valence-electron chi connectivity index (χ3n) is 3.14. The zero-order valence-electron chi connectivity index (χ0n) is 13.0. The first-order chi connectivity index (χ1) is 10.7. The van der Waals surface area contributed by atoms with Crippen LogP contribution >= 0.6 is 0 Å². The zero-order valence-corrected chi connectivity index (χ0v) is 13.8. The Morgan fingerprint density at radius 2 is 1.96 bits per heavy atom. The molecule has 0 fully saturated rings. The number of nitrogens with two attached hydrogens (primary N) is 1. The molecule has 3 N–H and O–H groups in total. The number of carbonyl (C=O) groups excluding carboxylic acids is 1. The van der Waals surface area contributed by atoms with Crippen molar-refractivity contribution in [1.82, 2.24) is 4.98 Å². The number of hydrogen-bond donors (Lipinski definition) is 2. The predicted octanol–water partition coefficient (Wildman–Crippen LogP) is 1.61. The second kappa shape index (κ2) is 6.25. The van der Waals surface area contributed by atoms with E-state index in [1.165, 1.54) is 31.5 Å². The molecule has 0 saturated carbocycles. The summed E-state index contributed by atoms with van der Waals surface area (Å²) in [6.45, 7) is 3.56. The molecular weight excluding hydrogens is 318 g/mol. The van der Waals surface area contributed by atoms with Crippen LogP contribution in [0.25, 0.3) is 0 Å². The molecule has 0 unspecified atom stereocenters. The number of benzene rings is 1. The zero-order chi connectivity index (χ0) is 17.2. The molecule has 0 aliphatic heterocycles. The van der Waals surface area contributed by atoms with E-state index in [1.807, 2.05) is 6.07 Å². The summed E-state index contributed by atoms with van der Waals surface area (Å²) in [7, 11) is -2.49. The van der Waals surface area contributed by atoms with Gasteiger partial charge in [0.05, 0.1) is 12.8 Å². The molecule has 0 saturated heterocycles. The van der Waals surface area contributed by atoms with E-state index in [1.54, 1.807) is 13.8 Å². The van der Waals surface area contributed by atoms with Crippen molar-refractivity contribution in [3.8, 4) is 5.75 Å². The summed E-state index contributed by atoms with van der Waals surface area (Å²) in [6.07, 6.45) is 1.30. The van der Waals surface area contributed by atoms with Crippen molar-refractivity contribution in [3.05, 3.63) is 47.3 Å². The minimum Gasteiger partial charge on any atom is -0.495 e. The van der Waals surface area contributed by atoms with Crippen molar-refractivity contribution in [1.29, 1.82) is 0 Å². The number of hydrogen-bond acceptors (Lipinski definition) is 5. The van der Waals surface area contributed by atoms with Gasteiger partial charge in [0, 0.05) is 6.20 Å². The number of pyridine rings is 1. The van der Waals surface area contributed by atoms with E-state index in [9.17, 15) is 13.2 Å². The Morgan fingerprint density at radius 1 is 1.26 bits per heavy atom. The van der Waals surface area contributed by atoms with Crippen LogP contribution < -0.4 is 15.2 Å². The highest BCUT2D eigenvalue weighted by molar-refractivity contribution is 7.92. The Morgan fingerprint density at radius 3 is 2.57 bits per heavy atom. The molecule has 7 nitrogen and oxygen atoms in total. The highest BCUT2D eigenvalue weighted by Crippen LogP contribution is 2.30. The van der Waals surface area contributed by atoms with Gasteiger partial charge in [0.15, 0.2) is 0 Å². The summed E-state index contributed by atoms with van der Waals surface area (Å²) in [6, 6.07) is 6.05. The van der Waals surface area contributed by atoms with Gasteiger partial charge in [-0.1, -0.05) is 6.07 Å². The monoisotopic (exact) mass is 335 g/mol. The Labute approximate surface area is 134 Å². The van der Waals surface area contributed by atoms with Crippen molar-refractivity contribution >= 4 is 21.6 Å². The molecule has 0 spiro atoms. The van der Waals surface area contributed by atoms with Crippen molar-refractivity contribution in [3.63, 3.8) is 0 Å². The molecule has 122 valence electrons. The summed E-state index contributed by atoms with van der Waals surface area (Å²) < 4.78 is 32.9. The number of aromatic nitrogens is 1. The van der Waals surface area contributed by atoms with Crippen molar-refractivity contribution in [2.24, 2.45) is 5.73 Å². The lowest BCUT2D eigenvalue weighted by Crippen LogP contribution is -2.17. The van der Waals surface area contributed by atoms with E-state index in [4.69, 9.17) is 10.5 Å². The molecule has 1 aromatic carbocycles. The molecule has 1 amide bonds. The highest BCUT2D eigenvalue weighted by atomic mass is 32.2. The predicted molar refractivity (Wildman–Crippen MR) is 86.0 cm³/mol. The fraction of sp³-hybridized carbons (Fsp3) is 0.200. The summed E-state index contributed by atoms with van der Waals surface area (Å²) in [5, 5.41) is 0. The number of carbonyl (C=O) groups is 1. The van der Waals surface area contributed by atoms with Crippen LogP contribution in [0.15, 0.2) is 35.4 Å². The van der Waals surface area contributed by atoms with Crippen molar-refractivity contribution in [2.75, 3.05) is 11.8 Å². The SMILES string of the molecule is COc1c(C)cc(C)cc1S(=O)(=O)Nc1ccnc(C(N)=O)c1. The molecule has 0 aliphatic carbocycles. The molecule has 8 heteroatoms. The lowest BCUT2D eigenvalue weighted by molar-refractivity contribution is 0.0995. The minimum atomic E-state index is -3.90. The van der Waals surface area contributed by atoms with E-state index in [0.717, 1.165) is 5.56 Å². The second-order valence-corrected chi connectivity index (χ2v) is 6.66. The molecule has 1 aromatic heterocycles. The molecule has 0 radical (unpaired) electrons. The summed E-state index contributed by atoms with van der Waals surface area (Å²) in [5.41, 5.74) is 6.80. The Kier molecular flexibility index (Phi) is 4.55. The molecule has 1 heterocycles. The Hall–Kier alpha value is -2.61. The maximum atomic E-state index is 12.6. The number of sulfonamides is 1. The number of anilines is 1. The molecule has 0 bridgehead atoms. The average molecular weight is 335 g/mol. The molecular formula is C15H17N3O4S. The fourth-order valence-corrected chi connectivity index (χ4v) is 3.59. The third-order valence-corrected chi connectivity index (χ3v) is 4.53. The highest BCUT2D eigenvalue weighted by Gasteiger charge is 2.22. The van der Waals surface area contributed by atoms with E-state index < -0.39 is 15.9 Å². The van der Waals surface area contributed by atoms with E-state index in [0.29, 0.717) is 5.56 Å². The number of amides is 1. The maximum absolute atomic E-state index is 12.6. The first-order valence-corrected chi connectivity index (χ1v) is 8.17. The van der Waals surface area contributed by atoms with Crippen molar-refractivity contribution < 1.29 is 17.9 Å². The normalized spacial score (nSPS) is 11.1. The molecule has 23 heavy (non-hydrogen) atoms. The molecule has 0 atom stereocenters. The van der Waals surface area contributed by atoms with Crippen LogP contribution in [0.1, 0.15) is 21.6 Å². The van der Waals surface area contributed by atoms with Gasteiger partial charge in [-0.25, -0.2) is 8.42 Å². The summed E-state index contributed by atoms with van der Waals surface area (Å²) in [5.74, 6) is -0.470. The Balaban J connectivity index is 2.48. The van der Waals surface area contributed by atoms with Gasteiger partial charge in [0.2, 0.25) is 0 Å². The first kappa shape index (κ1) is 16.8. The van der Waals surface area contributed by atoms with Gasteiger partial charge in [0.25, 0.3) is 15.9 Å². The quantitative estimate of drug-likeness (QED) is 0.862. The number of nitrogens with one attached hydrogen (secondary N) is 1. The summed E-state index contributed by atoms with van der Waals surface area (Å²) in [4.78, 5) is 14.9. The van der Waals surface area contributed by atoms with Crippen LogP contribution in [0.3, 0.4) is 0 Å². The lowest BCUT2D eigenvalue weighted by atomic mass is 10.1. The van der Waals surface area contributed by atoms with E-state index >= 15 is 0 Å². The number of ether oxygens (including phenoxy) is 1. The van der Waals surface area contributed by atoms with E-state index in [-0.39, 0.29) is 22.0 Å². The summed E-state index contributed by atoms with van der Waals surface area (Å²) >= 11 is 0. The van der Waals surface area contributed by atoms with Gasteiger partial charge in [0.1, 0.15) is 16.3 Å². The number of methoxy groups -OCH3 is 1. The molecule has 0 aliphatic rings. The lowest BCUT2D eigenvalue weighted by Gasteiger charge is -2.14. The van der Waals surface area contributed by atoms with Gasteiger partial charge in [-0.05, 0) is 43.2 Å². The van der Waals surface area contributed by atoms with Gasteiger partial charge >= 0.3 is 0 Å². The van der Waals surface area contributed by atoms with Crippen LogP contribution in [0, 0.1) is 13.8 Å². The fourth-order valence-electron chi connectivity index (χ4n) is 2.22. The topological polar surface area (TPSA) is 111 Å². The van der Waals surface area contributed by atoms with Gasteiger partial charge in [-0.2, -0.15) is 0 Å². The van der Waals surface area contributed by atoms with Crippen LogP contribution in [-0.2, 0) is 10.0 Å². The largest absolute Gasteiger partial charge is 0.495 e. The van der Waals surface area contributed by atoms with Crippen LogP contribution in [0.4, 0.5) is 5.69 Å². The number of rotatable bonds is 5. The number of primary amides is 1. The van der Waals surface area contributed by atoms with Crippen LogP contribution in [-0.4, -0.2) is 26.4 Å². The van der Waals surface area contributed by atoms with Gasteiger partial charge in [-0.15, -0.1) is 0 Å². The van der Waals surface area contributed by atoms with Crippen LogP contribution in [0.5, 0.6) is 5.75 Å². The van der Waals surface area contributed by atoms with Gasteiger partial charge in [-0.3, -0.25) is 14.5 Å². The standard InChI is InChI=1S/C15H17N3O4S/c1-9-6-10(2)14(22-3)13(7-9)23(20,21)18-11-4-5-17-12(8-11)15(16)19/h4-8H,1-3H3,(H2,16,19)(H,17,18). The van der Waals surface area contributed by atoms with Crippen molar-refractivity contribution in [2.45, 2.75) is 18.7 Å². The first-order valence-electron chi connectivity index (χ1n) is 6.68. The smallest absolute Gasteiger partial charge is 0.267 e.